The Morgan fingerprint density at radius 3 is 2.20 bits per heavy atom. The van der Waals surface area contributed by atoms with Gasteiger partial charge in [0.2, 0.25) is 20.0 Å². The number of carbonyl (C=O) groups excluding carboxylic acids is 1. The van der Waals surface area contributed by atoms with Gasteiger partial charge in [0.1, 0.15) is 11.5 Å². The topological polar surface area (TPSA) is 138 Å². The highest BCUT2D eigenvalue weighted by Crippen LogP contribution is 2.19. The van der Waals surface area contributed by atoms with Crippen LogP contribution < -0.4 is 10.1 Å². The van der Waals surface area contributed by atoms with Crippen molar-refractivity contribution in [1.29, 1.82) is 0 Å². The van der Waals surface area contributed by atoms with E-state index in [1.165, 1.54) is 42.6 Å². The molecule has 4 aromatic rings. The molecular weight excluding hydrogens is 588 g/mol. The van der Waals surface area contributed by atoms with E-state index in [1.807, 2.05) is 30.3 Å². The molecule has 0 aliphatic rings. The van der Waals surface area contributed by atoms with Gasteiger partial charge in [-0.25, -0.2) is 27.0 Å². The van der Waals surface area contributed by atoms with Crippen molar-refractivity contribution in [1.82, 2.24) is 14.5 Å². The Bertz CT molecular complexity index is 1690. The van der Waals surface area contributed by atoms with Gasteiger partial charge >= 0.3 is 0 Å². The highest BCUT2D eigenvalue weighted by atomic mass is 35.5. The predicted molar refractivity (Wildman–Crippen MR) is 155 cm³/mol. The number of hydrogen-bond donors (Lipinski definition) is 2. The minimum absolute atomic E-state index is 0.0114. The first-order valence-electron chi connectivity index (χ1n) is 12.4. The fourth-order valence-corrected chi connectivity index (χ4v) is 6.25. The molecule has 2 N–H and O–H groups in total. The second kappa shape index (κ2) is 13.7. The Balaban J connectivity index is 1.37. The number of hydrogen-bond acceptors (Lipinski definition) is 7. The number of amides is 1. The monoisotopic (exact) mass is 614 g/mol. The minimum atomic E-state index is -4.01. The van der Waals surface area contributed by atoms with Crippen molar-refractivity contribution in [2.75, 3.05) is 13.1 Å². The first-order chi connectivity index (χ1) is 19.6. The molecule has 214 valence electrons. The maximum atomic E-state index is 13.3. The summed E-state index contributed by atoms with van der Waals surface area (Å²) < 4.78 is 60.5. The van der Waals surface area contributed by atoms with E-state index in [0.717, 1.165) is 9.87 Å². The van der Waals surface area contributed by atoms with Crippen LogP contribution in [0.2, 0.25) is 5.02 Å². The number of benzene rings is 3. The molecule has 0 saturated heterocycles. The zero-order valence-corrected chi connectivity index (χ0v) is 24.1. The number of nitrogens with zero attached hydrogens (tertiary/aromatic N) is 2. The molecule has 1 heterocycles. The summed E-state index contributed by atoms with van der Waals surface area (Å²) >= 11 is 5.91. The van der Waals surface area contributed by atoms with Crippen LogP contribution in [0.1, 0.15) is 17.1 Å². The average Bonchev–Trinajstić information content (AvgIpc) is 3.43. The fraction of sp³-hybridized carbons (Fsp3) is 0.143. The highest BCUT2D eigenvalue weighted by molar-refractivity contribution is 7.89. The summed E-state index contributed by atoms with van der Waals surface area (Å²) in [6, 6.07) is 26.1. The summed E-state index contributed by atoms with van der Waals surface area (Å²) in [5, 5.41) is 4.24. The molecule has 4 rings (SSSR count). The van der Waals surface area contributed by atoms with Crippen molar-refractivity contribution in [2.45, 2.75) is 22.8 Å². The predicted octanol–water partition coefficient (Wildman–Crippen LogP) is 3.80. The van der Waals surface area contributed by atoms with E-state index in [-0.39, 0.29) is 28.6 Å². The molecule has 13 heteroatoms. The third-order valence-electron chi connectivity index (χ3n) is 5.82. The highest BCUT2D eigenvalue weighted by Gasteiger charge is 2.26. The zero-order valence-electron chi connectivity index (χ0n) is 21.7. The minimum Gasteiger partial charge on any atom is -0.459 e. The Kier molecular flexibility index (Phi) is 10.1. The van der Waals surface area contributed by atoms with Crippen LogP contribution in [0.5, 0.6) is 0 Å². The van der Waals surface area contributed by atoms with Crippen LogP contribution >= 0.6 is 11.6 Å². The molecule has 0 spiro atoms. The maximum Gasteiger partial charge on any atom is 0.255 e. The van der Waals surface area contributed by atoms with Crippen LogP contribution in [0, 0.1) is 0 Å². The van der Waals surface area contributed by atoms with E-state index < -0.39 is 32.5 Å². The first kappa shape index (κ1) is 30.2. The molecule has 0 aliphatic carbocycles. The zero-order chi connectivity index (χ0) is 29.3. The number of carbonyl (C=O) groups is 1. The summed E-state index contributed by atoms with van der Waals surface area (Å²) in [6.45, 7) is -0.497. The Hall–Kier alpha value is -3.81. The van der Waals surface area contributed by atoms with Gasteiger partial charge in [0.15, 0.2) is 0 Å². The molecule has 41 heavy (non-hydrogen) atoms. The summed E-state index contributed by atoms with van der Waals surface area (Å²) in [5.74, 6) is -0.0680. The SMILES string of the molecule is O=C(CN(CCc1ccccc1)S(=O)(=O)c1ccc(Cl)cc1)N/N=C\c1ccc(CNS(=O)(=O)c2ccccc2)o1. The van der Waals surface area contributed by atoms with E-state index in [2.05, 4.69) is 15.2 Å². The fourth-order valence-electron chi connectivity index (χ4n) is 3.71. The van der Waals surface area contributed by atoms with E-state index in [4.69, 9.17) is 16.0 Å². The van der Waals surface area contributed by atoms with Crippen molar-refractivity contribution < 1.29 is 26.0 Å². The van der Waals surface area contributed by atoms with Gasteiger partial charge in [-0.2, -0.15) is 9.41 Å². The lowest BCUT2D eigenvalue weighted by Crippen LogP contribution is -2.40. The molecular formula is C28H27ClN4O6S2. The first-order valence-corrected chi connectivity index (χ1v) is 15.7. The molecule has 0 saturated carbocycles. The third-order valence-corrected chi connectivity index (χ3v) is 9.35. The molecule has 1 amide bonds. The molecule has 0 radical (unpaired) electrons. The van der Waals surface area contributed by atoms with Gasteiger partial charge in [-0.1, -0.05) is 60.1 Å². The van der Waals surface area contributed by atoms with Gasteiger partial charge in [-0.3, -0.25) is 4.79 Å². The number of halogens is 1. The summed E-state index contributed by atoms with van der Waals surface area (Å²) in [5.41, 5.74) is 3.23. The molecule has 0 atom stereocenters. The summed E-state index contributed by atoms with van der Waals surface area (Å²) in [6.07, 6.45) is 1.63. The third kappa shape index (κ3) is 8.59. The molecule has 0 aliphatic heterocycles. The van der Waals surface area contributed by atoms with Crippen LogP contribution in [0.3, 0.4) is 0 Å². The van der Waals surface area contributed by atoms with Crippen molar-refractivity contribution in [2.24, 2.45) is 5.10 Å². The van der Waals surface area contributed by atoms with Crippen LogP contribution in [-0.2, 0) is 37.8 Å². The van der Waals surface area contributed by atoms with Crippen LogP contribution in [0.4, 0.5) is 0 Å². The second-order valence-corrected chi connectivity index (χ2v) is 12.9. The number of nitrogens with one attached hydrogen (secondary N) is 2. The van der Waals surface area contributed by atoms with Gasteiger partial charge in [-0.15, -0.1) is 0 Å². The van der Waals surface area contributed by atoms with Gasteiger partial charge in [0.25, 0.3) is 5.91 Å². The second-order valence-electron chi connectivity index (χ2n) is 8.76. The Morgan fingerprint density at radius 1 is 0.854 bits per heavy atom. The van der Waals surface area contributed by atoms with Crippen molar-refractivity contribution >= 4 is 43.8 Å². The Labute approximate surface area is 243 Å². The lowest BCUT2D eigenvalue weighted by molar-refractivity contribution is -0.121. The van der Waals surface area contributed by atoms with Crippen molar-refractivity contribution in [3.05, 3.63) is 119 Å². The quantitative estimate of drug-likeness (QED) is 0.174. The van der Waals surface area contributed by atoms with Crippen LogP contribution in [0.15, 0.2) is 116 Å². The summed E-state index contributed by atoms with van der Waals surface area (Å²) in [7, 11) is -7.71. The molecule has 3 aromatic carbocycles. The van der Waals surface area contributed by atoms with E-state index in [9.17, 15) is 21.6 Å². The number of sulfonamides is 2. The lowest BCUT2D eigenvalue weighted by atomic mass is 10.1. The summed E-state index contributed by atoms with van der Waals surface area (Å²) in [4.78, 5) is 12.8. The van der Waals surface area contributed by atoms with Crippen LogP contribution in [-0.4, -0.2) is 46.4 Å². The van der Waals surface area contributed by atoms with Gasteiger partial charge in [0, 0.05) is 11.6 Å². The standard InChI is InChI=1S/C28H27ClN4O6S2/c29-23-11-15-27(16-12-23)41(37,38)33(18-17-22-7-3-1-4-8-22)21-28(34)32-30-19-24-13-14-25(39-24)20-31-40(35,36)26-9-5-2-6-10-26/h1-16,19,31H,17-18,20-21H2,(H,32,34)/b30-19-. The van der Waals surface area contributed by atoms with Gasteiger partial charge < -0.3 is 4.42 Å². The van der Waals surface area contributed by atoms with Gasteiger partial charge in [-0.05, 0) is 60.5 Å². The lowest BCUT2D eigenvalue weighted by Gasteiger charge is -2.21. The van der Waals surface area contributed by atoms with Gasteiger partial charge in [0.05, 0.1) is 29.1 Å². The maximum absolute atomic E-state index is 13.3. The number of hydrazone groups is 1. The number of rotatable bonds is 13. The smallest absolute Gasteiger partial charge is 0.255 e. The van der Waals surface area contributed by atoms with Crippen molar-refractivity contribution in [3.8, 4) is 0 Å². The normalized spacial score (nSPS) is 12.1. The van der Waals surface area contributed by atoms with E-state index >= 15 is 0 Å². The molecule has 0 bridgehead atoms. The average molecular weight is 615 g/mol. The van der Waals surface area contributed by atoms with E-state index in [1.54, 1.807) is 30.3 Å². The molecule has 10 nitrogen and oxygen atoms in total. The Morgan fingerprint density at radius 2 is 1.51 bits per heavy atom. The molecule has 0 fully saturated rings. The van der Waals surface area contributed by atoms with Crippen LogP contribution in [0.25, 0.3) is 0 Å². The molecule has 0 unspecified atom stereocenters. The molecule has 1 aromatic heterocycles. The largest absolute Gasteiger partial charge is 0.459 e. The number of furan rings is 1. The van der Waals surface area contributed by atoms with E-state index in [0.29, 0.717) is 17.2 Å². The van der Waals surface area contributed by atoms with Crippen molar-refractivity contribution in [3.63, 3.8) is 0 Å².